The number of aryl methyl sites for hydroxylation is 2. The van der Waals surface area contributed by atoms with E-state index in [0.29, 0.717) is 22.9 Å². The third kappa shape index (κ3) is 7.14. The number of hydrogen-bond donors (Lipinski definition) is 2. The number of amides is 2. The van der Waals surface area contributed by atoms with E-state index in [-0.39, 0.29) is 18.9 Å². The second kappa shape index (κ2) is 11.1. The summed E-state index contributed by atoms with van der Waals surface area (Å²) in [6, 6.07) is 9.18. The molecule has 2 aromatic carbocycles. The maximum absolute atomic E-state index is 12.3. The molecule has 0 fully saturated rings. The van der Waals surface area contributed by atoms with Crippen LogP contribution < -0.4 is 20.2 Å². The van der Waals surface area contributed by atoms with Crippen molar-refractivity contribution in [3.8, 4) is 11.5 Å². The molecule has 2 aromatic rings. The molecule has 0 aliphatic carbocycles. The number of nitrogens with zero attached hydrogens (tertiary/aromatic N) is 1. The summed E-state index contributed by atoms with van der Waals surface area (Å²) in [5, 5.41) is 6.75. The van der Waals surface area contributed by atoms with Gasteiger partial charge in [0.05, 0.1) is 23.7 Å². The highest BCUT2D eigenvalue weighted by molar-refractivity contribution is 9.11. The molecule has 0 aliphatic rings. The van der Waals surface area contributed by atoms with Crippen molar-refractivity contribution >= 4 is 55.1 Å². The zero-order chi connectivity index (χ0) is 22.3. The van der Waals surface area contributed by atoms with Crippen LogP contribution >= 0.6 is 31.9 Å². The normalized spacial score (nSPS) is 11.1. The van der Waals surface area contributed by atoms with Gasteiger partial charge in [-0.25, -0.2) is 5.43 Å². The molecule has 0 heterocycles. The van der Waals surface area contributed by atoms with Crippen LogP contribution in [-0.4, -0.2) is 31.2 Å². The topological polar surface area (TPSA) is 89.0 Å². The molecule has 0 aromatic heterocycles. The highest BCUT2D eigenvalue weighted by Gasteiger charge is 2.11. The summed E-state index contributed by atoms with van der Waals surface area (Å²) in [7, 11) is 1.54. The summed E-state index contributed by atoms with van der Waals surface area (Å²) in [5.41, 5.74) is 5.41. The molecule has 0 radical (unpaired) electrons. The number of hydrogen-bond acceptors (Lipinski definition) is 5. The predicted octanol–water partition coefficient (Wildman–Crippen LogP) is 4.74. The van der Waals surface area contributed by atoms with E-state index >= 15 is 0 Å². The number of hydrazone groups is 1. The van der Waals surface area contributed by atoms with Gasteiger partial charge in [-0.3, -0.25) is 9.59 Å². The van der Waals surface area contributed by atoms with Gasteiger partial charge < -0.3 is 14.8 Å². The molecular formula is C21H23Br2N3O4. The van der Waals surface area contributed by atoms with Crippen LogP contribution in [0.1, 0.15) is 24.5 Å². The SMILES string of the molecule is COc1ccc(C)cc1NC(=O)CC(C)=NNC(=O)COc1cc(C)c(Br)cc1Br. The Morgan fingerprint density at radius 3 is 2.47 bits per heavy atom. The van der Waals surface area contributed by atoms with Gasteiger partial charge in [-0.05, 0) is 72.1 Å². The van der Waals surface area contributed by atoms with Crippen molar-refractivity contribution in [2.75, 3.05) is 19.0 Å². The molecule has 0 atom stereocenters. The first-order valence-corrected chi connectivity index (χ1v) is 10.6. The second-order valence-electron chi connectivity index (χ2n) is 6.63. The molecule has 0 aliphatic heterocycles. The van der Waals surface area contributed by atoms with Crippen molar-refractivity contribution in [2.45, 2.75) is 27.2 Å². The maximum atomic E-state index is 12.3. The Kier molecular flexibility index (Phi) is 8.86. The minimum absolute atomic E-state index is 0.0235. The fraction of sp³-hybridized carbons (Fsp3) is 0.286. The van der Waals surface area contributed by atoms with Crippen LogP contribution in [0.15, 0.2) is 44.4 Å². The summed E-state index contributed by atoms with van der Waals surface area (Å²) in [4.78, 5) is 24.3. The van der Waals surface area contributed by atoms with Crippen LogP contribution in [0.3, 0.4) is 0 Å². The molecule has 0 unspecified atom stereocenters. The molecule has 2 rings (SSSR count). The van der Waals surface area contributed by atoms with Gasteiger partial charge in [0.1, 0.15) is 11.5 Å². The van der Waals surface area contributed by atoms with E-state index in [4.69, 9.17) is 9.47 Å². The van der Waals surface area contributed by atoms with E-state index in [9.17, 15) is 9.59 Å². The van der Waals surface area contributed by atoms with Crippen LogP contribution in [0.4, 0.5) is 5.69 Å². The van der Waals surface area contributed by atoms with E-state index in [1.54, 1.807) is 20.1 Å². The number of benzene rings is 2. The molecular weight excluding hydrogens is 518 g/mol. The van der Waals surface area contributed by atoms with Crippen molar-refractivity contribution in [2.24, 2.45) is 5.10 Å². The zero-order valence-corrected chi connectivity index (χ0v) is 20.3. The van der Waals surface area contributed by atoms with Crippen LogP contribution in [-0.2, 0) is 9.59 Å². The number of nitrogens with one attached hydrogen (secondary N) is 2. The lowest BCUT2D eigenvalue weighted by atomic mass is 10.2. The Morgan fingerprint density at radius 2 is 1.77 bits per heavy atom. The van der Waals surface area contributed by atoms with Gasteiger partial charge in [-0.2, -0.15) is 5.10 Å². The minimum atomic E-state index is -0.428. The molecule has 2 N–H and O–H groups in total. The third-order valence-electron chi connectivity index (χ3n) is 3.99. The van der Waals surface area contributed by atoms with Crippen molar-refractivity contribution in [3.63, 3.8) is 0 Å². The van der Waals surface area contributed by atoms with Crippen molar-refractivity contribution in [1.82, 2.24) is 5.43 Å². The van der Waals surface area contributed by atoms with Gasteiger partial charge >= 0.3 is 0 Å². The average molecular weight is 541 g/mol. The number of halogens is 2. The molecule has 9 heteroatoms. The monoisotopic (exact) mass is 539 g/mol. The largest absolute Gasteiger partial charge is 0.495 e. The Bertz CT molecular complexity index is 977. The first kappa shape index (κ1) is 23.9. The molecule has 0 saturated heterocycles. The molecule has 0 saturated carbocycles. The maximum Gasteiger partial charge on any atom is 0.277 e. The standard InChI is InChI=1S/C21H23Br2N3O4/c1-12-5-6-18(29-4)17(7-12)24-20(27)9-14(3)25-26-21(28)11-30-19-8-13(2)15(22)10-16(19)23/h5-8,10H,9,11H2,1-4H3,(H,24,27)(H,26,28). The number of rotatable bonds is 8. The van der Waals surface area contributed by atoms with Gasteiger partial charge in [0.2, 0.25) is 5.91 Å². The van der Waals surface area contributed by atoms with E-state index in [1.165, 1.54) is 0 Å². The van der Waals surface area contributed by atoms with E-state index in [1.807, 2.05) is 38.1 Å². The number of ether oxygens (including phenoxy) is 2. The van der Waals surface area contributed by atoms with Crippen LogP contribution in [0, 0.1) is 13.8 Å². The predicted molar refractivity (Wildman–Crippen MR) is 124 cm³/mol. The molecule has 0 spiro atoms. The Balaban J connectivity index is 1.86. The third-order valence-corrected chi connectivity index (χ3v) is 5.46. The van der Waals surface area contributed by atoms with Gasteiger partial charge in [0.25, 0.3) is 5.91 Å². The van der Waals surface area contributed by atoms with E-state index < -0.39 is 5.91 Å². The quantitative estimate of drug-likeness (QED) is 0.374. The van der Waals surface area contributed by atoms with Crippen LogP contribution in [0.25, 0.3) is 0 Å². The van der Waals surface area contributed by atoms with Crippen molar-refractivity contribution in [1.29, 1.82) is 0 Å². The first-order valence-electron chi connectivity index (χ1n) is 9.04. The number of anilines is 1. The highest BCUT2D eigenvalue weighted by Crippen LogP contribution is 2.31. The van der Waals surface area contributed by atoms with E-state index in [0.717, 1.165) is 20.1 Å². The first-order chi connectivity index (χ1) is 14.2. The van der Waals surface area contributed by atoms with Gasteiger partial charge in [0, 0.05) is 10.2 Å². The molecule has 160 valence electrons. The summed E-state index contributed by atoms with van der Waals surface area (Å²) < 4.78 is 12.4. The molecule has 7 nitrogen and oxygen atoms in total. The van der Waals surface area contributed by atoms with Crippen molar-refractivity contribution < 1.29 is 19.1 Å². The summed E-state index contributed by atoms with van der Waals surface area (Å²) in [5.74, 6) is 0.434. The van der Waals surface area contributed by atoms with Crippen LogP contribution in [0.5, 0.6) is 11.5 Å². The minimum Gasteiger partial charge on any atom is -0.495 e. The van der Waals surface area contributed by atoms with Crippen LogP contribution in [0.2, 0.25) is 0 Å². The Hall–Kier alpha value is -2.39. The Morgan fingerprint density at radius 1 is 1.03 bits per heavy atom. The molecule has 0 bridgehead atoms. The lowest BCUT2D eigenvalue weighted by Crippen LogP contribution is -2.26. The number of methoxy groups -OCH3 is 1. The lowest BCUT2D eigenvalue weighted by molar-refractivity contribution is -0.123. The fourth-order valence-corrected chi connectivity index (χ4v) is 3.57. The number of carbonyl (C=O) groups is 2. The summed E-state index contributed by atoms with van der Waals surface area (Å²) >= 11 is 6.83. The lowest BCUT2D eigenvalue weighted by Gasteiger charge is -2.11. The molecule has 30 heavy (non-hydrogen) atoms. The second-order valence-corrected chi connectivity index (χ2v) is 8.34. The summed E-state index contributed by atoms with van der Waals surface area (Å²) in [6.07, 6.45) is 0.0235. The average Bonchev–Trinajstić information content (AvgIpc) is 2.68. The highest BCUT2D eigenvalue weighted by atomic mass is 79.9. The van der Waals surface area contributed by atoms with Gasteiger partial charge in [0.15, 0.2) is 6.61 Å². The van der Waals surface area contributed by atoms with E-state index in [2.05, 4.69) is 47.7 Å². The summed E-state index contributed by atoms with van der Waals surface area (Å²) in [6.45, 7) is 5.30. The number of carbonyl (C=O) groups excluding carboxylic acids is 2. The zero-order valence-electron chi connectivity index (χ0n) is 17.1. The fourth-order valence-electron chi connectivity index (χ4n) is 2.46. The van der Waals surface area contributed by atoms with Crippen molar-refractivity contribution in [3.05, 3.63) is 50.4 Å². The van der Waals surface area contributed by atoms with Gasteiger partial charge in [-0.15, -0.1) is 0 Å². The smallest absolute Gasteiger partial charge is 0.277 e. The Labute approximate surface area is 192 Å². The van der Waals surface area contributed by atoms with Gasteiger partial charge in [-0.1, -0.05) is 22.0 Å². The molecule has 2 amide bonds.